The van der Waals surface area contributed by atoms with Crippen molar-refractivity contribution in [1.29, 1.82) is 0 Å². The van der Waals surface area contributed by atoms with Crippen LogP contribution in [0.25, 0.3) is 0 Å². The van der Waals surface area contributed by atoms with Crippen LogP contribution in [0.3, 0.4) is 0 Å². The fourth-order valence-corrected chi connectivity index (χ4v) is 1.52. The highest BCUT2D eigenvalue weighted by Crippen LogP contribution is 2.11. The van der Waals surface area contributed by atoms with Crippen LogP contribution in [0.15, 0.2) is 41.0 Å². The number of carbonyl (C=O) groups is 1. The second-order valence-corrected chi connectivity index (χ2v) is 4.56. The maximum atomic E-state index is 11.5. The van der Waals surface area contributed by atoms with Gasteiger partial charge in [-0.1, -0.05) is 18.2 Å². The van der Waals surface area contributed by atoms with Gasteiger partial charge in [0.1, 0.15) is 0 Å². The van der Waals surface area contributed by atoms with Crippen molar-refractivity contribution in [2.24, 2.45) is 0 Å². The number of rotatable bonds is 3. The molecule has 0 unspecified atom stereocenters. The van der Waals surface area contributed by atoms with Gasteiger partial charge in [0.15, 0.2) is 0 Å². The Hall–Kier alpha value is -1.86. The Balaban J connectivity index is 2.93. The van der Waals surface area contributed by atoms with Gasteiger partial charge in [-0.3, -0.25) is 9.35 Å². The number of anilines is 1. The molecule has 0 heterocycles. The first kappa shape index (κ1) is 13.2. The molecule has 7 heteroatoms. The lowest BCUT2D eigenvalue weighted by Crippen LogP contribution is -2.17. The third-order valence-electron chi connectivity index (χ3n) is 1.94. The molecule has 0 spiro atoms. The van der Waals surface area contributed by atoms with Crippen LogP contribution < -0.4 is 5.32 Å². The van der Waals surface area contributed by atoms with E-state index in [-0.39, 0.29) is 0 Å². The van der Waals surface area contributed by atoms with Crippen molar-refractivity contribution in [3.8, 4) is 0 Å². The number of amides is 1. The van der Waals surface area contributed by atoms with E-state index in [2.05, 4.69) is 5.32 Å². The van der Waals surface area contributed by atoms with Crippen LogP contribution in [-0.4, -0.2) is 24.0 Å². The molecule has 0 fully saturated rings. The van der Waals surface area contributed by atoms with Crippen molar-refractivity contribution in [2.45, 2.75) is 6.92 Å². The minimum Gasteiger partial charge on any atom is -0.497 e. The second kappa shape index (κ2) is 4.98. The van der Waals surface area contributed by atoms with Crippen molar-refractivity contribution in [3.63, 3.8) is 0 Å². The summed E-state index contributed by atoms with van der Waals surface area (Å²) in [6.07, 6.45) is 0. The van der Waals surface area contributed by atoms with Gasteiger partial charge in [0.2, 0.25) is 5.09 Å². The topological polar surface area (TPSA) is 104 Å². The Morgan fingerprint density at radius 3 is 2.24 bits per heavy atom. The van der Waals surface area contributed by atoms with E-state index in [1.165, 1.54) is 0 Å². The Bertz CT molecular complexity index is 547. The van der Waals surface area contributed by atoms with E-state index >= 15 is 0 Å². The molecule has 6 nitrogen and oxygen atoms in total. The van der Waals surface area contributed by atoms with Crippen molar-refractivity contribution < 1.29 is 22.9 Å². The van der Waals surface area contributed by atoms with Crippen LogP contribution >= 0.6 is 0 Å². The Morgan fingerprint density at radius 1 is 1.24 bits per heavy atom. The summed E-state index contributed by atoms with van der Waals surface area (Å²) < 4.78 is 29.8. The number of nitrogens with one attached hydrogen (secondary N) is 1. The first-order valence-corrected chi connectivity index (χ1v) is 6.00. The molecule has 0 atom stereocenters. The Labute approximate surface area is 98.3 Å². The lowest BCUT2D eigenvalue weighted by molar-refractivity contribution is -0.112. The highest BCUT2D eigenvalue weighted by Gasteiger charge is 2.20. The molecule has 3 N–H and O–H groups in total. The minimum absolute atomic E-state index is 0.444. The van der Waals surface area contributed by atoms with Crippen LogP contribution in [0, 0.1) is 0 Å². The van der Waals surface area contributed by atoms with Crippen molar-refractivity contribution in [2.75, 3.05) is 5.32 Å². The summed E-state index contributed by atoms with van der Waals surface area (Å²) in [5.74, 6) is -0.814. The smallest absolute Gasteiger partial charge is 0.328 e. The molecule has 0 aliphatic heterocycles. The van der Waals surface area contributed by atoms with E-state index in [1.807, 2.05) is 0 Å². The third kappa shape index (κ3) is 3.58. The average Bonchev–Trinajstić information content (AvgIpc) is 2.27. The standard InChI is InChI=1S/C10H11NO5S/c1-7(10(13)17(14,15)16)9(12)11-8-5-3-2-4-6-8/h2-6,13H,1H3,(H,11,12)(H,14,15,16)/b10-7-. The van der Waals surface area contributed by atoms with Gasteiger partial charge in [-0.2, -0.15) is 8.42 Å². The molecule has 0 aliphatic carbocycles. The Kier molecular flexibility index (Phi) is 3.87. The van der Waals surface area contributed by atoms with Gasteiger partial charge in [0, 0.05) is 5.69 Å². The number of hydrogen-bond donors (Lipinski definition) is 3. The van der Waals surface area contributed by atoms with E-state index in [0.29, 0.717) is 5.69 Å². The fraction of sp³-hybridized carbons (Fsp3) is 0.100. The minimum atomic E-state index is -4.77. The molecule has 1 rings (SSSR count). The largest absolute Gasteiger partial charge is 0.497 e. The number of para-hydroxylation sites is 1. The average molecular weight is 257 g/mol. The SMILES string of the molecule is C/C(C(=O)Nc1ccccc1)=C(\O)S(=O)(=O)O. The predicted octanol–water partition coefficient (Wildman–Crippen LogP) is 1.30. The Morgan fingerprint density at radius 2 is 1.76 bits per heavy atom. The van der Waals surface area contributed by atoms with E-state index in [9.17, 15) is 13.2 Å². The molecule has 1 aromatic carbocycles. The summed E-state index contributed by atoms with van der Waals surface area (Å²) >= 11 is 0. The second-order valence-electron chi connectivity index (χ2n) is 3.23. The highest BCUT2D eigenvalue weighted by molar-refractivity contribution is 7.89. The van der Waals surface area contributed by atoms with Crippen LogP contribution in [-0.2, 0) is 14.9 Å². The van der Waals surface area contributed by atoms with Gasteiger partial charge in [-0.15, -0.1) is 0 Å². The summed E-state index contributed by atoms with van der Waals surface area (Å²) in [7, 11) is -4.77. The first-order valence-electron chi connectivity index (χ1n) is 4.56. The molecule has 0 aliphatic rings. The number of carbonyl (C=O) groups excluding carboxylic acids is 1. The van der Waals surface area contributed by atoms with Gasteiger partial charge in [0.25, 0.3) is 5.91 Å². The maximum absolute atomic E-state index is 11.5. The van der Waals surface area contributed by atoms with Crippen LogP contribution in [0.2, 0.25) is 0 Å². The molecule has 0 radical (unpaired) electrons. The summed E-state index contributed by atoms with van der Waals surface area (Å²) in [5, 5.41) is 10.1. The van der Waals surface area contributed by atoms with Crippen molar-refractivity contribution in [3.05, 3.63) is 41.0 Å². The zero-order chi connectivity index (χ0) is 13.1. The number of hydrogen-bond acceptors (Lipinski definition) is 4. The van der Waals surface area contributed by atoms with Gasteiger partial charge >= 0.3 is 10.1 Å². The van der Waals surface area contributed by atoms with Gasteiger partial charge in [-0.25, -0.2) is 0 Å². The summed E-state index contributed by atoms with van der Waals surface area (Å²) in [6.45, 7) is 1.08. The molecular formula is C10H11NO5S. The van der Waals surface area contributed by atoms with E-state index < -0.39 is 26.7 Å². The van der Waals surface area contributed by atoms with Crippen LogP contribution in [0.1, 0.15) is 6.92 Å². The zero-order valence-electron chi connectivity index (χ0n) is 8.91. The molecule has 1 amide bonds. The van der Waals surface area contributed by atoms with Crippen LogP contribution in [0.4, 0.5) is 5.69 Å². The monoisotopic (exact) mass is 257 g/mol. The number of benzene rings is 1. The van der Waals surface area contributed by atoms with E-state index in [0.717, 1.165) is 6.92 Å². The van der Waals surface area contributed by atoms with Crippen molar-refractivity contribution >= 4 is 21.7 Å². The molecule has 0 saturated carbocycles. The molecule has 17 heavy (non-hydrogen) atoms. The number of aliphatic hydroxyl groups excluding tert-OH is 1. The first-order chi connectivity index (χ1) is 7.82. The lowest BCUT2D eigenvalue weighted by Gasteiger charge is -2.06. The number of aliphatic hydroxyl groups is 1. The normalized spacial score (nSPS) is 12.8. The molecule has 0 saturated heterocycles. The van der Waals surface area contributed by atoms with Crippen molar-refractivity contribution in [1.82, 2.24) is 0 Å². The van der Waals surface area contributed by atoms with E-state index in [4.69, 9.17) is 9.66 Å². The quantitative estimate of drug-likeness (QED) is 0.430. The highest BCUT2D eigenvalue weighted by atomic mass is 32.2. The van der Waals surface area contributed by atoms with E-state index in [1.54, 1.807) is 30.3 Å². The third-order valence-corrected chi connectivity index (χ3v) is 2.73. The zero-order valence-corrected chi connectivity index (χ0v) is 9.73. The predicted molar refractivity (Wildman–Crippen MR) is 61.9 cm³/mol. The maximum Gasteiger partial charge on any atom is 0.328 e. The van der Waals surface area contributed by atoms with Gasteiger partial charge in [0.05, 0.1) is 5.57 Å². The summed E-state index contributed by atoms with van der Waals surface area (Å²) in [5.41, 5.74) is -0.0451. The molecule has 92 valence electrons. The molecule has 0 aromatic heterocycles. The fourth-order valence-electron chi connectivity index (χ4n) is 1.04. The summed E-state index contributed by atoms with van der Waals surface area (Å²) in [6, 6.07) is 8.29. The van der Waals surface area contributed by atoms with Gasteiger partial charge < -0.3 is 10.4 Å². The summed E-state index contributed by atoms with van der Waals surface area (Å²) in [4.78, 5) is 11.5. The van der Waals surface area contributed by atoms with Crippen LogP contribution in [0.5, 0.6) is 0 Å². The lowest BCUT2D eigenvalue weighted by atomic mass is 10.3. The van der Waals surface area contributed by atoms with Gasteiger partial charge in [-0.05, 0) is 19.1 Å². The molecule has 1 aromatic rings. The molecule has 0 bridgehead atoms. The molecular weight excluding hydrogens is 246 g/mol.